The quantitative estimate of drug-likeness (QED) is 0.186. The Balaban J connectivity index is 1.32. The molecule has 0 N–H and O–H groups in total. The molecule has 8 aromatic carbocycles. The average molecular weight is 644 g/mol. The number of fused-ring (bicyclic) bond motifs is 8. The van der Waals surface area contributed by atoms with Crippen molar-refractivity contribution < 1.29 is 4.42 Å². The Morgan fingerprint density at radius 1 is 0.429 bits per heavy atom. The largest absolute Gasteiger partial charge is 0.456 e. The molecule has 2 aromatic heterocycles. The van der Waals surface area contributed by atoms with Gasteiger partial charge in [-0.15, -0.1) is 11.3 Å². The maximum atomic E-state index is 6.45. The van der Waals surface area contributed by atoms with E-state index in [1.54, 1.807) is 0 Å². The molecule has 0 saturated heterocycles. The fourth-order valence-corrected chi connectivity index (χ4v) is 8.73. The summed E-state index contributed by atoms with van der Waals surface area (Å²) in [6.07, 6.45) is 0. The highest BCUT2D eigenvalue weighted by atomic mass is 32.1. The molecule has 0 fully saturated rings. The number of hydrogen-bond donors (Lipinski definition) is 0. The predicted molar refractivity (Wildman–Crippen MR) is 210 cm³/mol. The summed E-state index contributed by atoms with van der Waals surface area (Å²) < 4.78 is 9.03. The molecule has 0 aliphatic heterocycles. The lowest BCUT2D eigenvalue weighted by molar-refractivity contribution is 0.669. The zero-order valence-corrected chi connectivity index (χ0v) is 27.3. The molecule has 0 atom stereocenters. The molecular formula is C46H29NOS. The van der Waals surface area contributed by atoms with Gasteiger partial charge in [-0.25, -0.2) is 0 Å². The molecule has 2 heterocycles. The number of hydrogen-bond acceptors (Lipinski definition) is 3. The zero-order valence-electron chi connectivity index (χ0n) is 26.5. The van der Waals surface area contributed by atoms with Gasteiger partial charge in [-0.2, -0.15) is 0 Å². The van der Waals surface area contributed by atoms with E-state index in [9.17, 15) is 0 Å². The van der Waals surface area contributed by atoms with Gasteiger partial charge in [0.05, 0.1) is 16.8 Å². The normalized spacial score (nSPS) is 11.7. The summed E-state index contributed by atoms with van der Waals surface area (Å²) in [5.41, 5.74) is 9.84. The number of benzene rings is 8. The lowest BCUT2D eigenvalue weighted by atomic mass is 9.93. The minimum atomic E-state index is 0.876. The van der Waals surface area contributed by atoms with Gasteiger partial charge in [-0.1, -0.05) is 133 Å². The van der Waals surface area contributed by atoms with Crippen molar-refractivity contribution >= 4 is 81.3 Å². The van der Waals surface area contributed by atoms with E-state index in [1.165, 1.54) is 53.2 Å². The third-order valence-electron chi connectivity index (χ3n) is 9.66. The summed E-state index contributed by atoms with van der Waals surface area (Å²) >= 11 is 1.88. The van der Waals surface area contributed by atoms with Gasteiger partial charge < -0.3 is 9.32 Å². The molecule has 0 amide bonds. The van der Waals surface area contributed by atoms with Gasteiger partial charge in [0.25, 0.3) is 0 Å². The molecule has 0 aliphatic carbocycles. The smallest absolute Gasteiger partial charge is 0.137 e. The van der Waals surface area contributed by atoms with Crippen LogP contribution in [0.5, 0.6) is 0 Å². The first-order valence-electron chi connectivity index (χ1n) is 16.6. The maximum Gasteiger partial charge on any atom is 0.137 e. The van der Waals surface area contributed by atoms with Gasteiger partial charge in [0, 0.05) is 31.2 Å². The Kier molecular flexibility index (Phi) is 6.39. The molecule has 10 rings (SSSR count). The standard InChI is InChI=1S/C46H29NOS/c1-3-13-30(14-4-1)34-28-26-33(29-38(34)31-15-5-2-6-16-31)47(39-20-11-23-42-44(39)36-19-9-10-22-41(36)48-42)40-21-12-24-43-45(40)37-27-25-32-17-7-8-18-35(32)46(37)49-43/h1-29H. The van der Waals surface area contributed by atoms with E-state index in [2.05, 4.69) is 175 Å². The van der Waals surface area contributed by atoms with Crippen LogP contribution in [0.3, 0.4) is 0 Å². The number of rotatable bonds is 5. The number of anilines is 3. The van der Waals surface area contributed by atoms with Crippen molar-refractivity contribution in [1.82, 2.24) is 0 Å². The maximum absolute atomic E-state index is 6.45. The predicted octanol–water partition coefficient (Wildman–Crippen LogP) is 13.9. The molecule has 230 valence electrons. The highest BCUT2D eigenvalue weighted by Crippen LogP contribution is 2.50. The molecule has 0 unspecified atom stereocenters. The van der Waals surface area contributed by atoms with Gasteiger partial charge in [0.2, 0.25) is 0 Å². The summed E-state index contributed by atoms with van der Waals surface area (Å²) in [5.74, 6) is 0. The molecule has 10 aromatic rings. The highest BCUT2D eigenvalue weighted by Gasteiger charge is 2.24. The van der Waals surface area contributed by atoms with E-state index in [4.69, 9.17) is 4.42 Å². The van der Waals surface area contributed by atoms with Crippen LogP contribution in [-0.4, -0.2) is 0 Å². The van der Waals surface area contributed by atoms with Crippen LogP contribution in [0.2, 0.25) is 0 Å². The molecule has 0 radical (unpaired) electrons. The van der Waals surface area contributed by atoms with E-state index in [0.717, 1.165) is 39.0 Å². The first-order chi connectivity index (χ1) is 24.3. The topological polar surface area (TPSA) is 16.4 Å². The summed E-state index contributed by atoms with van der Waals surface area (Å²) in [4.78, 5) is 2.45. The lowest BCUT2D eigenvalue weighted by Crippen LogP contribution is -2.11. The van der Waals surface area contributed by atoms with Gasteiger partial charge >= 0.3 is 0 Å². The van der Waals surface area contributed by atoms with Crippen LogP contribution in [0.1, 0.15) is 0 Å². The Bertz CT molecular complexity index is 2830. The van der Waals surface area contributed by atoms with Crippen molar-refractivity contribution in [3.05, 3.63) is 176 Å². The molecule has 0 aliphatic rings. The van der Waals surface area contributed by atoms with E-state index >= 15 is 0 Å². The molecule has 0 bridgehead atoms. The SMILES string of the molecule is c1ccc(-c2ccc(N(c3cccc4oc5ccccc5c34)c3cccc4sc5c6ccccc6ccc5c34)cc2-c2ccccc2)cc1. The van der Waals surface area contributed by atoms with Crippen LogP contribution in [0.25, 0.3) is 75.1 Å². The lowest BCUT2D eigenvalue weighted by Gasteiger charge is -2.28. The summed E-state index contributed by atoms with van der Waals surface area (Å²) in [6.45, 7) is 0. The molecule has 0 spiro atoms. The Morgan fingerprint density at radius 3 is 1.90 bits per heavy atom. The van der Waals surface area contributed by atoms with Crippen LogP contribution in [0.4, 0.5) is 17.1 Å². The number of para-hydroxylation sites is 1. The first kappa shape index (κ1) is 27.9. The zero-order chi connectivity index (χ0) is 32.3. The third-order valence-corrected chi connectivity index (χ3v) is 10.9. The molecular weight excluding hydrogens is 615 g/mol. The molecule has 49 heavy (non-hydrogen) atoms. The number of furan rings is 1. The fraction of sp³-hybridized carbons (Fsp3) is 0. The van der Waals surface area contributed by atoms with Crippen molar-refractivity contribution in [1.29, 1.82) is 0 Å². The highest BCUT2D eigenvalue weighted by molar-refractivity contribution is 7.26. The van der Waals surface area contributed by atoms with E-state index in [1.807, 2.05) is 17.4 Å². The second-order valence-electron chi connectivity index (χ2n) is 12.5. The van der Waals surface area contributed by atoms with Crippen LogP contribution >= 0.6 is 11.3 Å². The minimum Gasteiger partial charge on any atom is -0.456 e. The fourth-order valence-electron chi connectivity index (χ4n) is 7.47. The number of nitrogens with zero attached hydrogens (tertiary/aromatic N) is 1. The van der Waals surface area contributed by atoms with Gasteiger partial charge in [0.15, 0.2) is 0 Å². The molecule has 2 nitrogen and oxygen atoms in total. The molecule has 0 saturated carbocycles. The van der Waals surface area contributed by atoms with Gasteiger partial charge in [0.1, 0.15) is 11.2 Å². The first-order valence-corrected chi connectivity index (χ1v) is 17.4. The van der Waals surface area contributed by atoms with Gasteiger partial charge in [-0.05, 0) is 75.5 Å². The van der Waals surface area contributed by atoms with E-state index in [-0.39, 0.29) is 0 Å². The van der Waals surface area contributed by atoms with E-state index < -0.39 is 0 Å². The Labute approximate surface area is 287 Å². The monoisotopic (exact) mass is 643 g/mol. The van der Waals surface area contributed by atoms with Crippen molar-refractivity contribution in [2.75, 3.05) is 4.90 Å². The second kappa shape index (κ2) is 11.2. The molecule has 3 heteroatoms. The van der Waals surface area contributed by atoms with Crippen LogP contribution < -0.4 is 4.90 Å². The average Bonchev–Trinajstić information content (AvgIpc) is 3.75. The third kappa shape index (κ3) is 4.47. The summed E-state index contributed by atoms with van der Waals surface area (Å²) in [7, 11) is 0. The second-order valence-corrected chi connectivity index (χ2v) is 13.5. The van der Waals surface area contributed by atoms with Crippen LogP contribution in [-0.2, 0) is 0 Å². The Morgan fingerprint density at radius 2 is 1.08 bits per heavy atom. The van der Waals surface area contributed by atoms with Crippen LogP contribution in [0.15, 0.2) is 180 Å². The van der Waals surface area contributed by atoms with Crippen molar-refractivity contribution in [3.63, 3.8) is 0 Å². The van der Waals surface area contributed by atoms with E-state index in [0.29, 0.717) is 0 Å². The van der Waals surface area contributed by atoms with Crippen molar-refractivity contribution in [2.24, 2.45) is 0 Å². The summed E-state index contributed by atoms with van der Waals surface area (Å²) in [6, 6.07) is 63.2. The van der Waals surface area contributed by atoms with Crippen molar-refractivity contribution in [2.45, 2.75) is 0 Å². The van der Waals surface area contributed by atoms with Crippen LogP contribution in [0, 0.1) is 0 Å². The Hall–Kier alpha value is -6.16. The minimum absolute atomic E-state index is 0.876. The number of thiophene rings is 1. The summed E-state index contributed by atoms with van der Waals surface area (Å²) in [5, 5.41) is 7.29. The van der Waals surface area contributed by atoms with Crippen molar-refractivity contribution in [3.8, 4) is 22.3 Å². The van der Waals surface area contributed by atoms with Gasteiger partial charge in [-0.3, -0.25) is 0 Å².